The van der Waals surface area contributed by atoms with Crippen LogP contribution < -0.4 is 5.46 Å². The van der Waals surface area contributed by atoms with Gasteiger partial charge >= 0.3 is 13.7 Å². The Hall–Kier alpha value is -2.35. The molecule has 0 bridgehead atoms. The molecule has 0 spiro atoms. The van der Waals surface area contributed by atoms with Crippen LogP contribution in [0.1, 0.15) is 47.2 Å². The number of hydrogen-bond donors (Lipinski definition) is 0. The Bertz CT molecular complexity index is 981. The first kappa shape index (κ1) is 29.7. The number of rotatable bonds is 4. The highest BCUT2D eigenvalue weighted by Gasteiger charge is 2.33. The van der Waals surface area contributed by atoms with E-state index in [9.17, 15) is 17.6 Å². The van der Waals surface area contributed by atoms with Crippen LogP contribution in [0.2, 0.25) is 0 Å². The molecule has 3 aromatic rings. The Morgan fingerprint density at radius 3 is 2.03 bits per heavy atom. The maximum Gasteiger partial charge on any atom is 0.433 e. The summed E-state index contributed by atoms with van der Waals surface area (Å²) in [7, 11) is 3.96. The first-order valence-corrected chi connectivity index (χ1v) is 10.3. The summed E-state index contributed by atoms with van der Waals surface area (Å²) in [5, 5.41) is 1.56. The van der Waals surface area contributed by atoms with Crippen molar-refractivity contribution in [3.05, 3.63) is 49.3 Å². The van der Waals surface area contributed by atoms with Crippen molar-refractivity contribution in [3.8, 4) is 0 Å². The van der Waals surface area contributed by atoms with Crippen LogP contribution in [0.15, 0.2) is 43.6 Å². The fraction of sp³-hybridized carbons (Fsp3) is 0.458. The van der Waals surface area contributed by atoms with E-state index in [1.807, 2.05) is 45.9 Å². The van der Waals surface area contributed by atoms with Gasteiger partial charge < -0.3 is 9.22 Å². The van der Waals surface area contributed by atoms with Crippen molar-refractivity contribution in [2.45, 2.75) is 53.3 Å². The number of fused-ring (bicyclic) bond motifs is 3. The molecule has 0 unspecified atom stereocenters. The fourth-order valence-corrected chi connectivity index (χ4v) is 2.70. The molecule has 0 aliphatic heterocycles. The highest BCUT2D eigenvalue weighted by atomic mass is 19.4. The Balaban J connectivity index is 0.00000148. The van der Waals surface area contributed by atoms with E-state index >= 15 is 0 Å². The average Bonchev–Trinajstić information content (AvgIpc) is 3.07. The first-order valence-electron chi connectivity index (χ1n) is 10.3. The lowest BCUT2D eigenvalue weighted by molar-refractivity contribution is -0.141. The number of aromatic nitrogens is 2. The molecule has 1 aromatic carbocycles. The minimum atomic E-state index is -4.46. The number of hydrogen-bond acceptors (Lipinski definition) is 2. The molecule has 0 saturated carbocycles. The summed E-state index contributed by atoms with van der Waals surface area (Å²) in [5.74, 6) is 0.340. The molecule has 8 heteroatoms. The molecule has 3 nitrogen and oxygen atoms in total. The molecule has 1 radical (unpaired) electrons. The molecule has 2 aromatic heterocycles. The molecule has 0 aliphatic rings. The van der Waals surface area contributed by atoms with Gasteiger partial charge in [-0.1, -0.05) is 45.3 Å². The van der Waals surface area contributed by atoms with E-state index in [0.29, 0.717) is 24.0 Å². The summed E-state index contributed by atoms with van der Waals surface area (Å²) in [6, 6.07) is 6.80. The van der Waals surface area contributed by atoms with Crippen molar-refractivity contribution < 1.29 is 22.2 Å². The van der Waals surface area contributed by atoms with Gasteiger partial charge in [0.2, 0.25) is 0 Å². The fourth-order valence-electron chi connectivity index (χ4n) is 2.70. The van der Waals surface area contributed by atoms with Gasteiger partial charge in [-0.05, 0) is 31.9 Å². The van der Waals surface area contributed by atoms with Crippen LogP contribution in [0.5, 0.6) is 0 Å². The Morgan fingerprint density at radius 2 is 1.53 bits per heavy atom. The number of pyridine rings is 1. The van der Waals surface area contributed by atoms with Crippen molar-refractivity contribution in [3.63, 3.8) is 0 Å². The summed E-state index contributed by atoms with van der Waals surface area (Å²) in [4.78, 5) is 3.58. The summed E-state index contributed by atoms with van der Waals surface area (Å²) in [5.41, 5.74) is 1.01. The van der Waals surface area contributed by atoms with Gasteiger partial charge in [-0.15, -0.1) is 13.2 Å². The minimum Gasteiger partial charge on any atom is -0.429 e. The number of alkyl halides is 4. The monoisotopic (exact) mass is 453 g/mol. The molecular weight excluding hydrogens is 419 g/mol. The highest BCUT2D eigenvalue weighted by molar-refractivity contribution is 6.47. The van der Waals surface area contributed by atoms with Crippen LogP contribution >= 0.6 is 0 Å². The molecule has 0 atom stereocenters. The predicted molar refractivity (Wildman–Crippen MR) is 128 cm³/mol. The van der Waals surface area contributed by atoms with Gasteiger partial charge in [0.25, 0.3) is 0 Å². The molecule has 32 heavy (non-hydrogen) atoms. The average molecular weight is 453 g/mol. The molecule has 0 fully saturated rings. The number of halogens is 4. The number of aryl methyl sites for hydroxylation is 1. The topological polar surface area (TPSA) is 27.1 Å². The number of benzene rings is 1. The van der Waals surface area contributed by atoms with Crippen LogP contribution in [-0.2, 0) is 17.9 Å². The van der Waals surface area contributed by atoms with Crippen molar-refractivity contribution in [1.29, 1.82) is 0 Å². The molecule has 2 heterocycles. The zero-order valence-corrected chi connectivity index (χ0v) is 20.3. The first-order chi connectivity index (χ1) is 15.0. The molecule has 177 valence electrons. The van der Waals surface area contributed by atoms with Gasteiger partial charge in [-0.3, -0.25) is 9.37 Å². The lowest BCUT2D eigenvalue weighted by Gasteiger charge is -2.30. The Labute approximate surface area is 189 Å². The largest absolute Gasteiger partial charge is 0.433 e. The standard InChI is InChI=1S/C19H21BF3N2O.C2H6.C2H4.CH3F/c1-11(2)18(3,4)26-20-12-6-7-13-14-10-24-17(19(21,22)23)9-16(14)25(5)15(13)8-12;3*1-2/h6-11H,1-5H3;1-2H3;1-2H2;1H3. The summed E-state index contributed by atoms with van der Waals surface area (Å²) >= 11 is 0. The van der Waals surface area contributed by atoms with Gasteiger partial charge in [0.15, 0.2) is 0 Å². The number of nitrogens with zero attached hydrogens (tertiary/aromatic N) is 2. The second-order valence-electron chi connectivity index (χ2n) is 7.41. The highest BCUT2D eigenvalue weighted by Crippen LogP contribution is 2.33. The van der Waals surface area contributed by atoms with Gasteiger partial charge in [0.1, 0.15) is 5.69 Å². The lowest BCUT2D eigenvalue weighted by atomic mass is 9.84. The minimum absolute atomic E-state index is 0.306. The molecule has 3 rings (SSSR count). The summed E-state index contributed by atoms with van der Waals surface area (Å²) in [6.07, 6.45) is -3.16. The van der Waals surface area contributed by atoms with Gasteiger partial charge in [0.05, 0.1) is 12.7 Å². The van der Waals surface area contributed by atoms with Gasteiger partial charge in [-0.25, -0.2) is 0 Å². The lowest BCUT2D eigenvalue weighted by Crippen LogP contribution is -2.36. The second-order valence-corrected chi connectivity index (χ2v) is 7.41. The quantitative estimate of drug-likeness (QED) is 0.245. The normalized spacial score (nSPS) is 11.2. The van der Waals surface area contributed by atoms with E-state index < -0.39 is 11.9 Å². The van der Waals surface area contributed by atoms with Crippen LogP contribution in [0, 0.1) is 5.92 Å². The van der Waals surface area contributed by atoms with Crippen molar-refractivity contribution >= 4 is 34.8 Å². The zero-order chi connectivity index (χ0) is 25.3. The third-order valence-electron chi connectivity index (χ3n) is 5.10. The van der Waals surface area contributed by atoms with Crippen molar-refractivity contribution in [1.82, 2.24) is 9.55 Å². The molecule has 0 N–H and O–H groups in total. The van der Waals surface area contributed by atoms with E-state index in [2.05, 4.69) is 32.0 Å². The van der Waals surface area contributed by atoms with Crippen LogP contribution in [0.4, 0.5) is 17.6 Å². The van der Waals surface area contributed by atoms with Crippen LogP contribution in [-0.4, -0.2) is 29.8 Å². The van der Waals surface area contributed by atoms with E-state index in [0.717, 1.165) is 22.4 Å². The van der Waals surface area contributed by atoms with E-state index in [1.54, 1.807) is 19.1 Å². The Morgan fingerprint density at radius 1 is 1.00 bits per heavy atom. The third kappa shape index (κ3) is 6.83. The van der Waals surface area contributed by atoms with Crippen molar-refractivity contribution in [2.75, 3.05) is 7.18 Å². The van der Waals surface area contributed by atoms with E-state index in [4.69, 9.17) is 4.65 Å². The van der Waals surface area contributed by atoms with Gasteiger partial charge in [0, 0.05) is 35.1 Å². The van der Waals surface area contributed by atoms with E-state index in [1.165, 1.54) is 6.20 Å². The maximum atomic E-state index is 13.0. The zero-order valence-electron chi connectivity index (χ0n) is 20.3. The molecule has 0 amide bonds. The van der Waals surface area contributed by atoms with Gasteiger partial charge in [-0.2, -0.15) is 13.2 Å². The maximum absolute atomic E-state index is 13.0. The van der Waals surface area contributed by atoms with E-state index in [-0.39, 0.29) is 5.60 Å². The van der Waals surface area contributed by atoms with Crippen LogP contribution in [0.3, 0.4) is 0 Å². The smallest absolute Gasteiger partial charge is 0.429 e. The Kier molecular flexibility index (Phi) is 11.7. The second kappa shape index (κ2) is 12.6. The third-order valence-corrected chi connectivity index (χ3v) is 5.10. The summed E-state index contributed by atoms with van der Waals surface area (Å²) < 4.78 is 56.0. The van der Waals surface area contributed by atoms with Crippen LogP contribution in [0.25, 0.3) is 21.8 Å². The molecular formula is C24H34BF4N2O. The molecule has 0 aliphatic carbocycles. The molecule has 0 saturated heterocycles. The van der Waals surface area contributed by atoms with Crippen molar-refractivity contribution in [2.24, 2.45) is 13.0 Å². The summed E-state index contributed by atoms with van der Waals surface area (Å²) in [6.45, 7) is 18.2. The SMILES string of the molecule is C=C.CC.CC(C)C(C)(C)O[B]c1ccc2c3cnc(C(F)(F)F)cc3n(C)c2c1.CF. The predicted octanol–water partition coefficient (Wildman–Crippen LogP) is 6.86.